The van der Waals surface area contributed by atoms with Crippen LogP contribution in [0.25, 0.3) is 0 Å². The van der Waals surface area contributed by atoms with Crippen molar-refractivity contribution in [1.82, 2.24) is 5.43 Å². The molecule has 0 fully saturated rings. The van der Waals surface area contributed by atoms with Crippen molar-refractivity contribution < 1.29 is 40.7 Å². The molecule has 1 N–H and O–H groups in total. The fourth-order valence-electron chi connectivity index (χ4n) is 3.15. The smallest absolute Gasteiger partial charge is 0.417 e. The van der Waals surface area contributed by atoms with Gasteiger partial charge in [-0.1, -0.05) is 41.9 Å². The van der Waals surface area contributed by atoms with Crippen molar-refractivity contribution in [3.05, 3.63) is 88.9 Å². The number of amides is 1. The zero-order valence-electron chi connectivity index (χ0n) is 20.2. The van der Waals surface area contributed by atoms with E-state index in [2.05, 4.69) is 15.3 Å². The molecule has 0 bridgehead atoms. The van der Waals surface area contributed by atoms with E-state index in [1.54, 1.807) is 24.3 Å². The summed E-state index contributed by atoms with van der Waals surface area (Å²) in [6, 6.07) is 15.7. The highest BCUT2D eigenvalue weighted by atomic mass is 35.5. The number of nitrogens with one attached hydrogen (secondary N) is 1. The average Bonchev–Trinajstić information content (AvgIpc) is 2.91. The zero-order valence-corrected chi connectivity index (χ0v) is 21.8. The van der Waals surface area contributed by atoms with Gasteiger partial charge in [-0.15, -0.1) is 0 Å². The van der Waals surface area contributed by atoms with Crippen molar-refractivity contribution >= 4 is 45.4 Å². The minimum absolute atomic E-state index is 0.242. The van der Waals surface area contributed by atoms with Crippen LogP contribution in [0.5, 0.6) is 5.75 Å². The molecule has 0 unspecified atom stereocenters. The van der Waals surface area contributed by atoms with E-state index in [1.165, 1.54) is 43.7 Å². The third kappa shape index (κ3) is 7.94. The first-order valence-corrected chi connectivity index (χ1v) is 12.8. The number of halogens is 4. The van der Waals surface area contributed by atoms with E-state index in [4.69, 9.17) is 16.3 Å². The molecule has 0 aromatic heterocycles. The van der Waals surface area contributed by atoms with Crippen molar-refractivity contribution in [3.63, 3.8) is 0 Å². The van der Waals surface area contributed by atoms with Gasteiger partial charge in [-0.25, -0.2) is 18.6 Å². The molecule has 0 aliphatic rings. The Balaban J connectivity index is 1.83. The van der Waals surface area contributed by atoms with E-state index in [0.29, 0.717) is 21.7 Å². The summed E-state index contributed by atoms with van der Waals surface area (Å²) in [5.74, 6) is -1.20. The Kier molecular flexibility index (Phi) is 9.54. The van der Waals surface area contributed by atoms with Crippen LogP contribution >= 0.6 is 11.6 Å². The van der Waals surface area contributed by atoms with Crippen LogP contribution in [0.2, 0.25) is 5.02 Å². The molecule has 1 amide bonds. The van der Waals surface area contributed by atoms with Gasteiger partial charge in [0.25, 0.3) is 15.9 Å². The number of esters is 1. The lowest BCUT2D eigenvalue weighted by Crippen LogP contribution is -2.39. The zero-order chi connectivity index (χ0) is 28.6. The van der Waals surface area contributed by atoms with Crippen molar-refractivity contribution in [2.45, 2.75) is 11.1 Å². The van der Waals surface area contributed by atoms with E-state index in [1.807, 2.05) is 0 Å². The van der Waals surface area contributed by atoms with Crippen molar-refractivity contribution in [1.29, 1.82) is 0 Å². The van der Waals surface area contributed by atoms with Gasteiger partial charge in [-0.05, 0) is 48.0 Å². The van der Waals surface area contributed by atoms with Gasteiger partial charge in [0.1, 0.15) is 12.3 Å². The summed E-state index contributed by atoms with van der Waals surface area (Å²) < 4.78 is 77.3. The Hall–Kier alpha value is -4.10. The fourth-order valence-corrected chi connectivity index (χ4v) is 4.81. The van der Waals surface area contributed by atoms with Gasteiger partial charge >= 0.3 is 12.1 Å². The van der Waals surface area contributed by atoms with E-state index in [0.717, 1.165) is 12.1 Å². The number of carbonyl (C=O) groups is 2. The molecular formula is C25H21ClF3N3O6S. The third-order valence-electron chi connectivity index (χ3n) is 5.01. The van der Waals surface area contributed by atoms with Crippen LogP contribution in [0.4, 0.5) is 18.9 Å². The van der Waals surface area contributed by atoms with Gasteiger partial charge in [-0.2, -0.15) is 18.3 Å². The normalized spacial score (nSPS) is 11.7. The minimum Gasteiger partial charge on any atom is -0.482 e. The highest BCUT2D eigenvalue weighted by Crippen LogP contribution is 2.38. The maximum absolute atomic E-state index is 13.5. The maximum Gasteiger partial charge on any atom is 0.417 e. The molecule has 0 radical (unpaired) electrons. The molecule has 206 valence electrons. The number of ether oxygens (including phenoxy) is 2. The summed E-state index contributed by atoms with van der Waals surface area (Å²) >= 11 is 5.68. The largest absolute Gasteiger partial charge is 0.482 e. The molecule has 39 heavy (non-hydrogen) atoms. The third-order valence-corrected chi connectivity index (χ3v) is 7.12. The minimum atomic E-state index is -4.86. The van der Waals surface area contributed by atoms with Gasteiger partial charge in [0, 0.05) is 0 Å². The number of benzene rings is 3. The van der Waals surface area contributed by atoms with E-state index in [9.17, 15) is 31.2 Å². The number of alkyl halides is 3. The van der Waals surface area contributed by atoms with Crippen LogP contribution in [0.3, 0.4) is 0 Å². The molecule has 0 heterocycles. The molecule has 0 saturated carbocycles. The molecule has 3 rings (SSSR count). The summed E-state index contributed by atoms with van der Waals surface area (Å²) in [6.45, 7) is -1.21. The molecular weight excluding hydrogens is 563 g/mol. The van der Waals surface area contributed by atoms with Gasteiger partial charge < -0.3 is 9.47 Å². The van der Waals surface area contributed by atoms with Crippen LogP contribution in [0, 0.1) is 0 Å². The lowest BCUT2D eigenvalue weighted by molar-refractivity contribution is -0.143. The number of hydrogen-bond donors (Lipinski definition) is 1. The Labute approximate surface area is 226 Å². The number of sulfonamides is 1. The Morgan fingerprint density at radius 3 is 2.44 bits per heavy atom. The molecule has 0 spiro atoms. The van der Waals surface area contributed by atoms with E-state index in [-0.39, 0.29) is 11.5 Å². The quantitative estimate of drug-likeness (QED) is 0.217. The second-order valence-corrected chi connectivity index (χ2v) is 9.99. The van der Waals surface area contributed by atoms with E-state index >= 15 is 0 Å². The monoisotopic (exact) mass is 583 g/mol. The van der Waals surface area contributed by atoms with E-state index < -0.39 is 50.9 Å². The van der Waals surface area contributed by atoms with Crippen molar-refractivity contribution in [3.8, 4) is 5.75 Å². The topological polar surface area (TPSA) is 114 Å². The van der Waals surface area contributed by atoms with Gasteiger partial charge in [0.2, 0.25) is 0 Å². The number of hydrogen-bond acceptors (Lipinski definition) is 7. The number of nitrogens with zero attached hydrogens (tertiary/aromatic N) is 2. The predicted molar refractivity (Wildman–Crippen MR) is 137 cm³/mol. The van der Waals surface area contributed by atoms with Gasteiger partial charge in [0.05, 0.1) is 34.5 Å². The molecule has 14 heteroatoms. The number of anilines is 1. The van der Waals surface area contributed by atoms with Crippen LogP contribution in [-0.4, -0.2) is 46.8 Å². The second-order valence-electron chi connectivity index (χ2n) is 7.72. The summed E-state index contributed by atoms with van der Waals surface area (Å²) in [5.41, 5.74) is 0.921. The standard InChI is InChI=1S/C25H21ClF3N3O6S/c1-37-24(34)16-38-19-7-5-6-17(12-19)14-30-31-23(33)15-32(39(35,36)20-8-3-2-4-9-20)18-10-11-22(26)21(13-18)25(27,28)29/h2-14H,15-16H2,1H3,(H,31,33)/b30-14-. The summed E-state index contributed by atoms with van der Waals surface area (Å²) in [6.07, 6.45) is -3.64. The van der Waals surface area contributed by atoms with Crippen LogP contribution < -0.4 is 14.5 Å². The number of methoxy groups -OCH3 is 1. The maximum atomic E-state index is 13.5. The molecule has 3 aromatic rings. The molecule has 0 aliphatic heterocycles. The Morgan fingerprint density at radius 2 is 1.77 bits per heavy atom. The van der Waals surface area contributed by atoms with Crippen LogP contribution in [0.1, 0.15) is 11.1 Å². The summed E-state index contributed by atoms with van der Waals surface area (Å²) in [5, 5.41) is 3.14. The first-order valence-electron chi connectivity index (χ1n) is 11.0. The number of hydrazone groups is 1. The lowest BCUT2D eigenvalue weighted by atomic mass is 10.2. The second kappa shape index (κ2) is 12.6. The SMILES string of the molecule is COC(=O)COc1cccc(/C=N\NC(=O)CN(c2ccc(Cl)c(C(F)(F)F)c2)S(=O)(=O)c2ccccc2)c1. The predicted octanol–water partition coefficient (Wildman–Crippen LogP) is 4.26. The first kappa shape index (κ1) is 29.5. The Bertz CT molecular complexity index is 1470. The fraction of sp³-hybridized carbons (Fsp3) is 0.160. The highest BCUT2D eigenvalue weighted by molar-refractivity contribution is 7.92. The highest BCUT2D eigenvalue weighted by Gasteiger charge is 2.35. The number of carbonyl (C=O) groups excluding carboxylic acids is 2. The molecule has 0 atom stereocenters. The number of rotatable bonds is 10. The first-order chi connectivity index (χ1) is 18.4. The summed E-state index contributed by atoms with van der Waals surface area (Å²) in [7, 11) is -3.25. The van der Waals surface area contributed by atoms with Crippen molar-refractivity contribution in [2.24, 2.45) is 5.10 Å². The van der Waals surface area contributed by atoms with Crippen LogP contribution in [-0.2, 0) is 30.5 Å². The molecule has 3 aromatic carbocycles. The van der Waals surface area contributed by atoms with Crippen LogP contribution in [0.15, 0.2) is 82.8 Å². The Morgan fingerprint density at radius 1 is 1.05 bits per heavy atom. The van der Waals surface area contributed by atoms with Gasteiger partial charge in [-0.3, -0.25) is 9.10 Å². The van der Waals surface area contributed by atoms with Crippen molar-refractivity contribution in [2.75, 3.05) is 24.6 Å². The molecule has 0 aliphatic carbocycles. The molecule has 0 saturated heterocycles. The lowest BCUT2D eigenvalue weighted by Gasteiger charge is -2.24. The molecule has 9 nitrogen and oxygen atoms in total. The average molecular weight is 584 g/mol. The van der Waals surface area contributed by atoms with Gasteiger partial charge in [0.15, 0.2) is 6.61 Å². The summed E-state index contributed by atoms with van der Waals surface area (Å²) in [4.78, 5) is 23.6.